The van der Waals surface area contributed by atoms with E-state index < -0.39 is 15.9 Å². The van der Waals surface area contributed by atoms with E-state index in [1.54, 1.807) is 6.21 Å². The topological polar surface area (TPSA) is 82.9 Å². The first-order valence-corrected chi connectivity index (χ1v) is 14.5. The predicted octanol–water partition coefficient (Wildman–Crippen LogP) is 5.83. The van der Waals surface area contributed by atoms with Crippen molar-refractivity contribution in [3.05, 3.63) is 87.9 Å². The maximum atomic E-state index is 13.6. The van der Waals surface area contributed by atoms with Gasteiger partial charge in [-0.05, 0) is 79.4 Å². The number of amides is 1. The van der Waals surface area contributed by atoms with Crippen molar-refractivity contribution < 1.29 is 13.2 Å². The van der Waals surface area contributed by atoms with Gasteiger partial charge in [-0.1, -0.05) is 45.5 Å². The number of sulfonamides is 1. The number of fused-ring (bicyclic) bond motifs is 1. The maximum absolute atomic E-state index is 13.6. The lowest BCUT2D eigenvalue weighted by Crippen LogP contribution is -2.28. The van der Waals surface area contributed by atoms with E-state index >= 15 is 0 Å². The Balaban J connectivity index is 1.49. The van der Waals surface area contributed by atoms with Gasteiger partial charge in [0, 0.05) is 23.1 Å². The van der Waals surface area contributed by atoms with Gasteiger partial charge in [0.05, 0.1) is 21.3 Å². The molecule has 7 nitrogen and oxygen atoms in total. The molecule has 0 spiro atoms. The molecule has 0 N–H and O–H groups in total. The Kier molecular flexibility index (Phi) is 7.03. The van der Waals surface area contributed by atoms with Crippen molar-refractivity contribution in [3.63, 3.8) is 0 Å². The first-order valence-electron chi connectivity index (χ1n) is 11.4. The second kappa shape index (κ2) is 10.2. The summed E-state index contributed by atoms with van der Waals surface area (Å²) in [7, 11) is -3.56. The van der Waals surface area contributed by atoms with E-state index in [0.29, 0.717) is 23.8 Å². The van der Waals surface area contributed by atoms with E-state index in [0.717, 1.165) is 38.7 Å². The summed E-state index contributed by atoms with van der Waals surface area (Å²) in [6, 6.07) is 19.5. The van der Waals surface area contributed by atoms with Crippen LogP contribution in [0.2, 0.25) is 0 Å². The smallest absolute Gasteiger partial charge is 0.267 e. The van der Waals surface area contributed by atoms with Crippen LogP contribution in [0.1, 0.15) is 34.3 Å². The lowest BCUT2D eigenvalue weighted by atomic mass is 10.2. The molecule has 1 fully saturated rings. The highest BCUT2D eigenvalue weighted by Gasteiger charge is 2.28. The first kappa shape index (κ1) is 24.8. The van der Waals surface area contributed by atoms with Crippen molar-refractivity contribution >= 4 is 64.8 Å². The highest BCUT2D eigenvalue weighted by Crippen LogP contribution is 2.31. The normalized spacial score (nSPS) is 14.6. The Morgan fingerprint density at radius 2 is 1.75 bits per heavy atom. The van der Waals surface area contributed by atoms with Gasteiger partial charge < -0.3 is 0 Å². The molecule has 36 heavy (non-hydrogen) atoms. The van der Waals surface area contributed by atoms with Gasteiger partial charge in [-0.25, -0.2) is 13.4 Å². The summed E-state index contributed by atoms with van der Waals surface area (Å²) in [6.07, 6.45) is 3.33. The monoisotopic (exact) mass is 582 g/mol. The van der Waals surface area contributed by atoms with Crippen molar-refractivity contribution in [2.75, 3.05) is 18.1 Å². The molecule has 184 valence electrons. The summed E-state index contributed by atoms with van der Waals surface area (Å²) >= 11 is 4.79. The molecule has 0 unspecified atom stereocenters. The van der Waals surface area contributed by atoms with Crippen LogP contribution in [0, 0.1) is 6.92 Å². The summed E-state index contributed by atoms with van der Waals surface area (Å²) in [5, 5.41) is 6.19. The fourth-order valence-corrected chi connectivity index (χ4v) is 6.74. The summed E-state index contributed by atoms with van der Waals surface area (Å²) in [5.41, 5.74) is 3.02. The van der Waals surface area contributed by atoms with E-state index in [1.165, 1.54) is 44.9 Å². The van der Waals surface area contributed by atoms with Gasteiger partial charge in [0.2, 0.25) is 15.2 Å². The van der Waals surface area contributed by atoms with Crippen LogP contribution in [-0.2, 0) is 10.0 Å². The molecule has 2 heterocycles. The number of rotatable bonds is 6. The number of carbonyl (C=O) groups is 1. The number of hydrogen-bond acceptors (Lipinski definition) is 6. The van der Waals surface area contributed by atoms with Gasteiger partial charge >= 0.3 is 0 Å². The molecule has 3 aromatic carbocycles. The molecule has 4 aromatic rings. The number of benzene rings is 3. The summed E-state index contributed by atoms with van der Waals surface area (Å²) in [5.74, 6) is -0.399. The van der Waals surface area contributed by atoms with E-state index in [1.807, 2.05) is 49.4 Å². The Bertz CT molecular complexity index is 1540. The maximum Gasteiger partial charge on any atom is 0.280 e. The molecular formula is C26H23BrN4O3S2. The number of hydrogen-bond donors (Lipinski definition) is 0. The standard InChI is InChI=1S/C26H23BrN4O3S2/c1-18-4-13-23-24(16-18)35-26(29-23)31(28-17-19-5-9-21(27)10-6-19)25(32)20-7-11-22(12-8-20)36(33,34)30-14-2-3-15-30/h4-13,16-17H,2-3,14-15H2,1H3/b28-17+. The Morgan fingerprint density at radius 1 is 1.06 bits per heavy atom. The Morgan fingerprint density at radius 3 is 2.44 bits per heavy atom. The first-order chi connectivity index (χ1) is 17.3. The van der Waals surface area contributed by atoms with Crippen molar-refractivity contribution in [2.24, 2.45) is 5.10 Å². The number of aryl methyl sites for hydroxylation is 1. The summed E-state index contributed by atoms with van der Waals surface area (Å²) in [4.78, 5) is 18.4. The van der Waals surface area contributed by atoms with Crippen LogP contribution in [0.5, 0.6) is 0 Å². The number of nitrogens with zero attached hydrogens (tertiary/aromatic N) is 4. The van der Waals surface area contributed by atoms with E-state index in [2.05, 4.69) is 26.0 Å². The second-order valence-corrected chi connectivity index (χ2v) is 12.4. The predicted molar refractivity (Wildman–Crippen MR) is 147 cm³/mol. The lowest BCUT2D eigenvalue weighted by molar-refractivity contribution is 0.0987. The molecule has 0 radical (unpaired) electrons. The van der Waals surface area contributed by atoms with Crippen molar-refractivity contribution in [1.29, 1.82) is 0 Å². The van der Waals surface area contributed by atoms with Gasteiger partial charge in [-0.3, -0.25) is 4.79 Å². The molecule has 0 aliphatic carbocycles. The largest absolute Gasteiger partial charge is 0.280 e. The molecule has 0 bridgehead atoms. The number of thiazole rings is 1. The molecule has 1 saturated heterocycles. The number of hydrazone groups is 1. The quantitative estimate of drug-likeness (QED) is 0.211. The molecule has 1 aromatic heterocycles. The molecule has 1 aliphatic heterocycles. The molecule has 1 amide bonds. The van der Waals surface area contributed by atoms with Crippen LogP contribution in [-0.4, -0.2) is 42.9 Å². The Labute approximate surface area is 222 Å². The second-order valence-electron chi connectivity index (χ2n) is 8.52. The zero-order valence-electron chi connectivity index (χ0n) is 19.5. The van der Waals surface area contributed by atoms with Crippen molar-refractivity contribution in [2.45, 2.75) is 24.7 Å². The fourth-order valence-electron chi connectivity index (χ4n) is 3.94. The van der Waals surface area contributed by atoms with Crippen LogP contribution >= 0.6 is 27.3 Å². The van der Waals surface area contributed by atoms with E-state index in [9.17, 15) is 13.2 Å². The van der Waals surface area contributed by atoms with Crippen molar-refractivity contribution in [3.8, 4) is 0 Å². The number of carbonyl (C=O) groups excluding carboxylic acids is 1. The third-order valence-corrected chi connectivity index (χ3v) is 9.34. The molecule has 0 atom stereocenters. The molecule has 5 rings (SSSR count). The summed E-state index contributed by atoms with van der Waals surface area (Å²) in [6.45, 7) is 3.06. The minimum absolute atomic E-state index is 0.182. The number of aromatic nitrogens is 1. The third kappa shape index (κ3) is 5.12. The van der Waals surface area contributed by atoms with Crippen LogP contribution < -0.4 is 5.01 Å². The number of anilines is 1. The molecule has 10 heteroatoms. The zero-order chi connectivity index (χ0) is 25.3. The van der Waals surface area contributed by atoms with Crippen LogP contribution in [0.15, 0.2) is 81.2 Å². The minimum Gasteiger partial charge on any atom is -0.267 e. The van der Waals surface area contributed by atoms with Crippen molar-refractivity contribution in [1.82, 2.24) is 9.29 Å². The lowest BCUT2D eigenvalue weighted by Gasteiger charge is -2.16. The molecular weight excluding hydrogens is 560 g/mol. The SMILES string of the molecule is Cc1ccc2nc(N(/N=C/c3ccc(Br)cc3)C(=O)c3ccc(S(=O)(=O)N4CCCC4)cc3)sc2c1. The van der Waals surface area contributed by atoms with Gasteiger partial charge in [0.1, 0.15) is 0 Å². The van der Waals surface area contributed by atoms with Gasteiger partial charge in [0.25, 0.3) is 5.91 Å². The van der Waals surface area contributed by atoms with E-state index in [-0.39, 0.29) is 4.90 Å². The van der Waals surface area contributed by atoms with E-state index in [4.69, 9.17) is 0 Å². The van der Waals surface area contributed by atoms with Crippen LogP contribution in [0.3, 0.4) is 0 Å². The van der Waals surface area contributed by atoms with Crippen LogP contribution in [0.4, 0.5) is 5.13 Å². The van der Waals surface area contributed by atoms with Crippen LogP contribution in [0.25, 0.3) is 10.2 Å². The minimum atomic E-state index is -3.56. The van der Waals surface area contributed by atoms with Gasteiger partial charge in [0.15, 0.2) is 0 Å². The highest BCUT2D eigenvalue weighted by atomic mass is 79.9. The van der Waals surface area contributed by atoms with Gasteiger partial charge in [-0.2, -0.15) is 14.4 Å². The average molecular weight is 584 g/mol. The number of halogens is 1. The third-order valence-electron chi connectivity index (χ3n) is 5.90. The zero-order valence-corrected chi connectivity index (χ0v) is 22.7. The highest BCUT2D eigenvalue weighted by molar-refractivity contribution is 9.10. The molecule has 1 aliphatic rings. The molecule has 0 saturated carbocycles. The fraction of sp³-hybridized carbons (Fsp3) is 0.192. The average Bonchev–Trinajstić information content (AvgIpc) is 3.56. The Hall–Kier alpha value is -2.92. The summed E-state index contributed by atoms with van der Waals surface area (Å²) < 4.78 is 29.1. The van der Waals surface area contributed by atoms with Gasteiger partial charge in [-0.15, -0.1) is 0 Å².